The van der Waals surface area contributed by atoms with Gasteiger partial charge in [-0.15, -0.1) is 0 Å². The van der Waals surface area contributed by atoms with Crippen LogP contribution in [0.25, 0.3) is 0 Å². The fourth-order valence-corrected chi connectivity index (χ4v) is 1.66. The van der Waals surface area contributed by atoms with Crippen molar-refractivity contribution in [1.82, 2.24) is 0 Å². The Labute approximate surface area is 99.8 Å². The first-order valence-corrected chi connectivity index (χ1v) is 5.54. The van der Waals surface area contributed by atoms with Crippen LogP contribution in [0.3, 0.4) is 0 Å². The summed E-state index contributed by atoms with van der Waals surface area (Å²) in [6, 6.07) is 4.58. The highest BCUT2D eigenvalue weighted by Gasteiger charge is 2.33. The molecule has 1 aliphatic rings. The van der Waals surface area contributed by atoms with Gasteiger partial charge < -0.3 is 9.31 Å². The van der Waals surface area contributed by atoms with Crippen molar-refractivity contribution < 1.29 is 13.7 Å². The molecule has 0 bridgehead atoms. The Balaban J connectivity index is 2.11. The summed E-state index contributed by atoms with van der Waals surface area (Å²) in [5.41, 5.74) is 0.680. The summed E-state index contributed by atoms with van der Waals surface area (Å²) < 4.78 is 24.3. The lowest BCUT2D eigenvalue weighted by atomic mass is 9.76. The van der Waals surface area contributed by atoms with Gasteiger partial charge in [0.15, 0.2) is 0 Å². The lowest BCUT2D eigenvalue weighted by Gasteiger charge is -2.33. The maximum absolute atomic E-state index is 13.2. The SMILES string of the molecule is CC1(C)COB(c2ccc(Cl)c(F)c2)OC1. The molecule has 0 spiro atoms. The highest BCUT2D eigenvalue weighted by Crippen LogP contribution is 2.21. The first-order chi connectivity index (χ1) is 7.48. The van der Waals surface area contributed by atoms with Crippen molar-refractivity contribution in [3.8, 4) is 0 Å². The lowest BCUT2D eigenvalue weighted by Crippen LogP contribution is -2.47. The predicted molar refractivity (Wildman–Crippen MR) is 62.5 cm³/mol. The monoisotopic (exact) mass is 242 g/mol. The minimum atomic E-state index is -0.486. The zero-order valence-corrected chi connectivity index (χ0v) is 10.1. The molecule has 2 rings (SSSR count). The molecular weight excluding hydrogens is 229 g/mol. The second-order valence-electron chi connectivity index (χ2n) is 4.79. The molecule has 0 N–H and O–H groups in total. The molecule has 1 fully saturated rings. The van der Waals surface area contributed by atoms with E-state index in [4.69, 9.17) is 20.9 Å². The topological polar surface area (TPSA) is 18.5 Å². The van der Waals surface area contributed by atoms with Gasteiger partial charge in [-0.1, -0.05) is 31.5 Å². The standard InChI is InChI=1S/C11H13BClFO2/c1-11(2)6-15-12(16-7-11)8-3-4-9(13)10(14)5-8/h3-5H,6-7H2,1-2H3. The van der Waals surface area contributed by atoms with E-state index in [1.165, 1.54) is 12.1 Å². The van der Waals surface area contributed by atoms with Crippen LogP contribution in [0.15, 0.2) is 18.2 Å². The van der Waals surface area contributed by atoms with Crippen LogP contribution in [-0.4, -0.2) is 20.3 Å². The maximum atomic E-state index is 13.2. The van der Waals surface area contributed by atoms with Crippen molar-refractivity contribution in [2.45, 2.75) is 13.8 Å². The van der Waals surface area contributed by atoms with Gasteiger partial charge in [0.05, 0.1) is 5.02 Å². The van der Waals surface area contributed by atoms with Crippen LogP contribution in [-0.2, 0) is 9.31 Å². The molecule has 1 saturated heterocycles. The third-order valence-electron chi connectivity index (χ3n) is 2.47. The molecule has 5 heteroatoms. The molecule has 1 heterocycles. The van der Waals surface area contributed by atoms with Gasteiger partial charge in [-0.3, -0.25) is 0 Å². The van der Waals surface area contributed by atoms with Gasteiger partial charge >= 0.3 is 7.12 Å². The van der Waals surface area contributed by atoms with Crippen LogP contribution >= 0.6 is 11.6 Å². The molecule has 1 aliphatic heterocycles. The fourth-order valence-electron chi connectivity index (χ4n) is 1.54. The molecule has 0 radical (unpaired) electrons. The van der Waals surface area contributed by atoms with Gasteiger partial charge in [-0.05, 0) is 17.6 Å². The van der Waals surface area contributed by atoms with Crippen LogP contribution in [0.5, 0.6) is 0 Å². The van der Waals surface area contributed by atoms with E-state index in [1.54, 1.807) is 6.07 Å². The predicted octanol–water partition coefficient (Wildman–Crippen LogP) is 2.25. The maximum Gasteiger partial charge on any atom is 0.494 e. The number of hydrogen-bond acceptors (Lipinski definition) is 2. The third kappa shape index (κ3) is 2.57. The summed E-state index contributed by atoms with van der Waals surface area (Å²) in [5, 5.41) is 0.111. The molecule has 1 aromatic carbocycles. The molecule has 0 atom stereocenters. The Bertz CT molecular complexity index is 388. The normalized spacial score (nSPS) is 19.9. The van der Waals surface area contributed by atoms with Gasteiger partial charge in [-0.25, -0.2) is 4.39 Å². The van der Waals surface area contributed by atoms with Crippen LogP contribution in [0.2, 0.25) is 5.02 Å². The summed E-state index contributed by atoms with van der Waals surface area (Å²) in [5.74, 6) is -0.448. The first kappa shape index (κ1) is 11.9. The molecule has 1 aromatic rings. The molecule has 2 nitrogen and oxygen atoms in total. The smallest absolute Gasteiger partial charge is 0.407 e. The zero-order chi connectivity index (χ0) is 11.8. The summed E-state index contributed by atoms with van der Waals surface area (Å²) in [6.45, 7) is 5.32. The Kier molecular flexibility index (Phi) is 3.24. The van der Waals surface area contributed by atoms with Gasteiger partial charge in [0.1, 0.15) is 5.82 Å². The highest BCUT2D eigenvalue weighted by molar-refractivity contribution is 6.61. The van der Waals surface area contributed by atoms with Crippen molar-refractivity contribution >= 4 is 24.2 Å². The molecule has 0 aromatic heterocycles. The average Bonchev–Trinajstić information content (AvgIpc) is 2.22. The third-order valence-corrected chi connectivity index (χ3v) is 2.77. The number of halogens is 2. The van der Waals surface area contributed by atoms with Gasteiger partial charge in [0.25, 0.3) is 0 Å². The van der Waals surface area contributed by atoms with Crippen molar-refractivity contribution in [2.75, 3.05) is 13.2 Å². The van der Waals surface area contributed by atoms with Crippen molar-refractivity contribution in [2.24, 2.45) is 5.41 Å². The van der Waals surface area contributed by atoms with E-state index in [-0.39, 0.29) is 10.4 Å². The summed E-state index contributed by atoms with van der Waals surface area (Å²) in [4.78, 5) is 0. The molecular formula is C11H13BClFO2. The van der Waals surface area contributed by atoms with E-state index >= 15 is 0 Å². The summed E-state index contributed by atoms with van der Waals surface area (Å²) >= 11 is 5.61. The van der Waals surface area contributed by atoms with Crippen molar-refractivity contribution in [3.05, 3.63) is 29.0 Å². The van der Waals surface area contributed by atoms with E-state index in [0.717, 1.165) is 0 Å². The second kappa shape index (κ2) is 4.36. The molecule has 86 valence electrons. The minimum absolute atomic E-state index is 0.0153. The number of hydrogen-bond donors (Lipinski definition) is 0. The highest BCUT2D eigenvalue weighted by atomic mass is 35.5. The molecule has 0 saturated carbocycles. The lowest BCUT2D eigenvalue weighted by molar-refractivity contribution is 0.0343. The van der Waals surface area contributed by atoms with Gasteiger partial charge in [0, 0.05) is 18.6 Å². The zero-order valence-electron chi connectivity index (χ0n) is 9.30. The summed E-state index contributed by atoms with van der Waals surface area (Å²) in [6.07, 6.45) is 0. The van der Waals surface area contributed by atoms with E-state index in [2.05, 4.69) is 13.8 Å². The summed E-state index contributed by atoms with van der Waals surface area (Å²) in [7, 11) is -0.486. The first-order valence-electron chi connectivity index (χ1n) is 5.16. The van der Waals surface area contributed by atoms with Crippen LogP contribution < -0.4 is 5.46 Å². The Morgan fingerprint density at radius 2 is 1.94 bits per heavy atom. The molecule has 0 unspecified atom stereocenters. The van der Waals surface area contributed by atoms with E-state index in [9.17, 15) is 4.39 Å². The van der Waals surface area contributed by atoms with Crippen molar-refractivity contribution in [1.29, 1.82) is 0 Å². The van der Waals surface area contributed by atoms with E-state index in [1.807, 2.05) is 0 Å². The van der Waals surface area contributed by atoms with Gasteiger partial charge in [0.2, 0.25) is 0 Å². The Morgan fingerprint density at radius 3 is 2.50 bits per heavy atom. The quantitative estimate of drug-likeness (QED) is 0.703. The van der Waals surface area contributed by atoms with Crippen LogP contribution in [0, 0.1) is 11.2 Å². The molecule has 0 aliphatic carbocycles. The van der Waals surface area contributed by atoms with Gasteiger partial charge in [-0.2, -0.15) is 0 Å². The molecule has 16 heavy (non-hydrogen) atoms. The molecule has 0 amide bonds. The number of benzene rings is 1. The Morgan fingerprint density at radius 1 is 1.31 bits per heavy atom. The van der Waals surface area contributed by atoms with Crippen molar-refractivity contribution in [3.63, 3.8) is 0 Å². The van der Waals surface area contributed by atoms with E-state index < -0.39 is 12.9 Å². The fraction of sp³-hybridized carbons (Fsp3) is 0.455. The average molecular weight is 242 g/mol. The Hall–Kier alpha value is -0.575. The van der Waals surface area contributed by atoms with Crippen LogP contribution in [0.4, 0.5) is 4.39 Å². The van der Waals surface area contributed by atoms with E-state index in [0.29, 0.717) is 18.7 Å². The minimum Gasteiger partial charge on any atom is -0.407 e. The second-order valence-corrected chi connectivity index (χ2v) is 5.20. The number of rotatable bonds is 1. The largest absolute Gasteiger partial charge is 0.494 e. The van der Waals surface area contributed by atoms with Crippen LogP contribution in [0.1, 0.15) is 13.8 Å².